The number of benzene rings is 2. The van der Waals surface area contributed by atoms with Gasteiger partial charge in [-0.3, -0.25) is 9.10 Å². The Morgan fingerprint density at radius 2 is 1.56 bits per heavy atom. The number of hydrogen-bond acceptors (Lipinski definition) is 3. The van der Waals surface area contributed by atoms with Crippen LogP contribution in [0.15, 0.2) is 48.5 Å². The number of aryl methyl sites for hydroxylation is 1. The molecule has 27 heavy (non-hydrogen) atoms. The SMILES string of the molecule is CCc1ccc(N(CC(=O)Nc2ccc(C(C)(C)C)cc2)S(C)(=O)=O)cc1. The molecule has 1 amide bonds. The molecule has 0 bridgehead atoms. The maximum absolute atomic E-state index is 12.4. The highest BCUT2D eigenvalue weighted by Crippen LogP contribution is 2.24. The second kappa shape index (κ2) is 8.13. The number of carbonyl (C=O) groups is 1. The lowest BCUT2D eigenvalue weighted by Crippen LogP contribution is -2.37. The zero-order chi connectivity index (χ0) is 20.2. The van der Waals surface area contributed by atoms with Gasteiger partial charge in [-0.1, -0.05) is 52.0 Å². The number of rotatable bonds is 6. The number of nitrogens with one attached hydrogen (secondary N) is 1. The van der Waals surface area contributed by atoms with E-state index < -0.39 is 10.0 Å². The van der Waals surface area contributed by atoms with E-state index in [-0.39, 0.29) is 17.9 Å². The molecule has 0 heterocycles. The van der Waals surface area contributed by atoms with E-state index in [4.69, 9.17) is 0 Å². The van der Waals surface area contributed by atoms with Crippen molar-refractivity contribution in [2.24, 2.45) is 0 Å². The molecule has 0 saturated heterocycles. The maximum Gasteiger partial charge on any atom is 0.245 e. The molecule has 0 fully saturated rings. The van der Waals surface area contributed by atoms with Crippen LogP contribution in [-0.2, 0) is 26.7 Å². The molecule has 0 radical (unpaired) electrons. The van der Waals surface area contributed by atoms with Crippen LogP contribution in [0.1, 0.15) is 38.8 Å². The van der Waals surface area contributed by atoms with Crippen molar-refractivity contribution in [3.05, 3.63) is 59.7 Å². The van der Waals surface area contributed by atoms with Crippen molar-refractivity contribution in [2.45, 2.75) is 39.5 Å². The maximum atomic E-state index is 12.4. The molecule has 0 spiro atoms. The van der Waals surface area contributed by atoms with E-state index in [2.05, 4.69) is 26.1 Å². The number of anilines is 2. The summed E-state index contributed by atoms with van der Waals surface area (Å²) in [7, 11) is -3.58. The van der Waals surface area contributed by atoms with Crippen LogP contribution in [-0.4, -0.2) is 27.1 Å². The van der Waals surface area contributed by atoms with Crippen LogP contribution in [0.2, 0.25) is 0 Å². The molecule has 2 aromatic rings. The highest BCUT2D eigenvalue weighted by molar-refractivity contribution is 7.92. The second-order valence-electron chi connectivity index (χ2n) is 7.67. The van der Waals surface area contributed by atoms with Crippen molar-refractivity contribution >= 4 is 27.3 Å². The third-order valence-corrected chi connectivity index (χ3v) is 5.50. The molecule has 0 saturated carbocycles. The Kier molecular flexibility index (Phi) is 6.31. The molecule has 0 aliphatic carbocycles. The monoisotopic (exact) mass is 388 g/mol. The first-order valence-electron chi connectivity index (χ1n) is 8.98. The highest BCUT2D eigenvalue weighted by Gasteiger charge is 2.21. The summed E-state index contributed by atoms with van der Waals surface area (Å²) in [5, 5.41) is 2.77. The molecule has 2 rings (SSSR count). The predicted molar refractivity (Wildman–Crippen MR) is 112 cm³/mol. The molecule has 5 nitrogen and oxygen atoms in total. The zero-order valence-electron chi connectivity index (χ0n) is 16.6. The zero-order valence-corrected chi connectivity index (χ0v) is 17.4. The summed E-state index contributed by atoms with van der Waals surface area (Å²) in [6.07, 6.45) is 1.97. The topological polar surface area (TPSA) is 66.5 Å². The summed E-state index contributed by atoms with van der Waals surface area (Å²) in [5.41, 5.74) is 3.42. The molecule has 0 unspecified atom stereocenters. The van der Waals surface area contributed by atoms with Gasteiger partial charge in [0, 0.05) is 5.69 Å². The van der Waals surface area contributed by atoms with E-state index in [0.29, 0.717) is 11.4 Å². The fourth-order valence-electron chi connectivity index (χ4n) is 2.68. The molecule has 0 aliphatic heterocycles. The van der Waals surface area contributed by atoms with Crippen LogP contribution in [0.4, 0.5) is 11.4 Å². The molecule has 6 heteroatoms. The van der Waals surface area contributed by atoms with Gasteiger partial charge in [0.05, 0.1) is 11.9 Å². The minimum absolute atomic E-state index is 0.0281. The molecule has 0 atom stereocenters. The lowest BCUT2D eigenvalue weighted by atomic mass is 9.87. The van der Waals surface area contributed by atoms with E-state index in [1.807, 2.05) is 43.3 Å². The number of amides is 1. The Balaban J connectivity index is 2.14. The lowest BCUT2D eigenvalue weighted by molar-refractivity contribution is -0.114. The summed E-state index contributed by atoms with van der Waals surface area (Å²) in [4.78, 5) is 12.4. The van der Waals surface area contributed by atoms with E-state index in [1.54, 1.807) is 12.1 Å². The van der Waals surface area contributed by atoms with E-state index in [0.717, 1.165) is 28.1 Å². The molecular weight excluding hydrogens is 360 g/mol. The Bertz CT molecular complexity index is 881. The number of nitrogens with zero attached hydrogens (tertiary/aromatic N) is 1. The minimum Gasteiger partial charge on any atom is -0.325 e. The normalized spacial score (nSPS) is 11.9. The molecule has 0 aromatic heterocycles. The predicted octanol–water partition coefficient (Wildman–Crippen LogP) is 3.95. The molecular formula is C21H28N2O3S. The molecule has 0 aliphatic rings. The van der Waals surface area contributed by atoms with E-state index in [1.165, 1.54) is 0 Å². The Hall–Kier alpha value is -2.34. The smallest absolute Gasteiger partial charge is 0.245 e. The van der Waals surface area contributed by atoms with Crippen molar-refractivity contribution in [2.75, 3.05) is 22.4 Å². The van der Waals surface area contributed by atoms with Gasteiger partial charge in [0.25, 0.3) is 0 Å². The average molecular weight is 389 g/mol. The summed E-state index contributed by atoms with van der Waals surface area (Å²) < 4.78 is 25.5. The highest BCUT2D eigenvalue weighted by atomic mass is 32.2. The van der Waals surface area contributed by atoms with Gasteiger partial charge in [-0.15, -0.1) is 0 Å². The number of hydrogen-bond donors (Lipinski definition) is 1. The van der Waals surface area contributed by atoms with E-state index >= 15 is 0 Å². The van der Waals surface area contributed by atoms with Gasteiger partial charge < -0.3 is 5.32 Å². The summed E-state index contributed by atoms with van der Waals surface area (Å²) >= 11 is 0. The second-order valence-corrected chi connectivity index (χ2v) is 9.57. The van der Waals surface area contributed by atoms with E-state index in [9.17, 15) is 13.2 Å². The fourth-order valence-corrected chi connectivity index (χ4v) is 3.54. The Labute approximate surface area is 162 Å². The summed E-state index contributed by atoms with van der Waals surface area (Å²) in [5.74, 6) is -0.386. The lowest BCUT2D eigenvalue weighted by Gasteiger charge is -2.22. The first kappa shape index (κ1) is 21.0. The standard InChI is InChI=1S/C21H28N2O3S/c1-6-16-7-13-19(14-8-16)23(27(5,25)26)15-20(24)22-18-11-9-17(10-12-18)21(2,3)4/h7-14H,6,15H2,1-5H3,(H,22,24). The fraction of sp³-hybridized carbons (Fsp3) is 0.381. The van der Waals surface area contributed by atoms with Crippen molar-refractivity contribution in [1.29, 1.82) is 0 Å². The van der Waals surface area contributed by atoms with Crippen molar-refractivity contribution in [3.63, 3.8) is 0 Å². The van der Waals surface area contributed by atoms with Gasteiger partial charge in [-0.2, -0.15) is 0 Å². The van der Waals surface area contributed by atoms with Gasteiger partial charge in [0.2, 0.25) is 15.9 Å². The largest absolute Gasteiger partial charge is 0.325 e. The Morgan fingerprint density at radius 1 is 1.00 bits per heavy atom. The summed E-state index contributed by atoms with van der Waals surface area (Å²) in [6.45, 7) is 8.12. The van der Waals surface area contributed by atoms with Gasteiger partial charge in [-0.25, -0.2) is 8.42 Å². The van der Waals surface area contributed by atoms with Gasteiger partial charge >= 0.3 is 0 Å². The number of sulfonamides is 1. The van der Waals surface area contributed by atoms with Gasteiger partial charge in [0.1, 0.15) is 6.54 Å². The van der Waals surface area contributed by atoms with Crippen LogP contribution in [0.3, 0.4) is 0 Å². The third kappa shape index (κ3) is 5.82. The van der Waals surface area contributed by atoms with Gasteiger partial charge in [0.15, 0.2) is 0 Å². The van der Waals surface area contributed by atoms with Crippen LogP contribution in [0.5, 0.6) is 0 Å². The van der Waals surface area contributed by atoms with Crippen LogP contribution >= 0.6 is 0 Å². The molecule has 146 valence electrons. The molecule has 2 aromatic carbocycles. The van der Waals surface area contributed by atoms with Crippen LogP contribution in [0, 0.1) is 0 Å². The van der Waals surface area contributed by atoms with Crippen molar-refractivity contribution in [1.82, 2.24) is 0 Å². The summed E-state index contributed by atoms with van der Waals surface area (Å²) in [6, 6.07) is 14.8. The number of carbonyl (C=O) groups excluding carboxylic acids is 1. The first-order valence-corrected chi connectivity index (χ1v) is 10.8. The third-order valence-electron chi connectivity index (χ3n) is 4.35. The van der Waals surface area contributed by atoms with Crippen molar-refractivity contribution < 1.29 is 13.2 Å². The van der Waals surface area contributed by atoms with Crippen LogP contribution in [0.25, 0.3) is 0 Å². The first-order chi connectivity index (χ1) is 12.5. The Morgan fingerprint density at radius 3 is 2.00 bits per heavy atom. The molecule has 1 N–H and O–H groups in total. The minimum atomic E-state index is -3.58. The quantitative estimate of drug-likeness (QED) is 0.815. The van der Waals surface area contributed by atoms with Crippen LogP contribution < -0.4 is 9.62 Å². The average Bonchev–Trinajstić information content (AvgIpc) is 2.58. The van der Waals surface area contributed by atoms with Crippen molar-refractivity contribution in [3.8, 4) is 0 Å². The van der Waals surface area contributed by atoms with Gasteiger partial charge in [-0.05, 0) is 47.2 Å².